The molecular formula is C51H28N4O3. The number of furan rings is 3. The maximum atomic E-state index is 6.59. The maximum Gasteiger partial charge on any atom is 0.238 e. The van der Waals surface area contributed by atoms with E-state index in [0.29, 0.717) is 17.6 Å². The number of para-hydroxylation sites is 3. The fourth-order valence-electron chi connectivity index (χ4n) is 8.86. The van der Waals surface area contributed by atoms with Crippen molar-refractivity contribution in [3.05, 3.63) is 170 Å². The third-order valence-corrected chi connectivity index (χ3v) is 11.5. The second-order valence-electron chi connectivity index (χ2n) is 14.7. The van der Waals surface area contributed by atoms with Crippen molar-refractivity contribution in [3.8, 4) is 39.9 Å². The lowest BCUT2D eigenvalue weighted by Gasteiger charge is -2.11. The number of nitrogens with zero attached hydrogens (tertiary/aromatic N) is 4. The molecule has 13 rings (SSSR count). The highest BCUT2D eigenvalue weighted by Crippen LogP contribution is 2.42. The molecule has 8 aromatic carbocycles. The number of aromatic nitrogens is 4. The molecule has 0 amide bonds. The summed E-state index contributed by atoms with van der Waals surface area (Å²) in [5, 5.41) is 8.42. The third-order valence-electron chi connectivity index (χ3n) is 11.5. The van der Waals surface area contributed by atoms with Gasteiger partial charge in [0.05, 0.1) is 16.4 Å². The molecule has 5 heterocycles. The lowest BCUT2D eigenvalue weighted by molar-refractivity contribution is 0.668. The summed E-state index contributed by atoms with van der Waals surface area (Å²) in [4.78, 5) is 15.7. The van der Waals surface area contributed by atoms with Crippen LogP contribution in [0.2, 0.25) is 0 Å². The second-order valence-corrected chi connectivity index (χ2v) is 14.7. The summed E-state index contributed by atoms with van der Waals surface area (Å²) in [7, 11) is 0. The monoisotopic (exact) mass is 744 g/mol. The van der Waals surface area contributed by atoms with Gasteiger partial charge in [-0.25, -0.2) is 4.98 Å². The Bertz CT molecular complexity index is 3810. The van der Waals surface area contributed by atoms with E-state index < -0.39 is 0 Å². The molecule has 0 bridgehead atoms. The normalized spacial score (nSPS) is 12.1. The van der Waals surface area contributed by atoms with E-state index in [4.69, 9.17) is 28.2 Å². The number of fused-ring (bicyclic) bond motifs is 13. The smallest absolute Gasteiger partial charge is 0.238 e. The Morgan fingerprint density at radius 2 is 0.931 bits per heavy atom. The Morgan fingerprint density at radius 3 is 1.72 bits per heavy atom. The summed E-state index contributed by atoms with van der Waals surface area (Å²) in [6.45, 7) is 0. The Hall–Kier alpha value is -8.03. The topological polar surface area (TPSA) is 83.0 Å². The lowest BCUT2D eigenvalue weighted by Crippen LogP contribution is -2.06. The van der Waals surface area contributed by atoms with E-state index in [-0.39, 0.29) is 0 Å². The van der Waals surface area contributed by atoms with Gasteiger partial charge in [-0.15, -0.1) is 0 Å². The van der Waals surface area contributed by atoms with E-state index >= 15 is 0 Å². The first kappa shape index (κ1) is 31.2. The van der Waals surface area contributed by atoms with Crippen molar-refractivity contribution in [3.63, 3.8) is 0 Å². The molecule has 7 nitrogen and oxygen atoms in total. The summed E-state index contributed by atoms with van der Waals surface area (Å²) < 4.78 is 21.6. The van der Waals surface area contributed by atoms with Crippen LogP contribution in [0.25, 0.3) is 127 Å². The van der Waals surface area contributed by atoms with Crippen molar-refractivity contribution in [2.45, 2.75) is 0 Å². The maximum absolute atomic E-state index is 6.59. The predicted molar refractivity (Wildman–Crippen MR) is 232 cm³/mol. The van der Waals surface area contributed by atoms with E-state index in [0.717, 1.165) is 110 Å². The van der Waals surface area contributed by atoms with Crippen LogP contribution in [0.5, 0.6) is 0 Å². The molecule has 13 aromatic rings. The number of hydrogen-bond donors (Lipinski definition) is 0. The third kappa shape index (κ3) is 4.46. The van der Waals surface area contributed by atoms with Gasteiger partial charge in [-0.3, -0.25) is 4.57 Å². The first-order valence-electron chi connectivity index (χ1n) is 19.3. The molecule has 5 aromatic heterocycles. The van der Waals surface area contributed by atoms with Crippen molar-refractivity contribution < 1.29 is 13.3 Å². The van der Waals surface area contributed by atoms with Crippen LogP contribution in [0.1, 0.15) is 0 Å². The van der Waals surface area contributed by atoms with E-state index in [2.05, 4.69) is 102 Å². The molecule has 270 valence electrons. The van der Waals surface area contributed by atoms with Crippen LogP contribution in [-0.4, -0.2) is 19.5 Å². The van der Waals surface area contributed by atoms with Gasteiger partial charge >= 0.3 is 0 Å². The van der Waals surface area contributed by atoms with Crippen molar-refractivity contribution in [1.82, 2.24) is 19.5 Å². The van der Waals surface area contributed by atoms with E-state index in [1.807, 2.05) is 72.8 Å². The highest BCUT2D eigenvalue weighted by atomic mass is 16.3. The summed E-state index contributed by atoms with van der Waals surface area (Å²) in [6, 6.07) is 58.0. The number of rotatable bonds is 4. The number of benzene rings is 8. The molecule has 0 radical (unpaired) electrons. The molecule has 0 saturated heterocycles. The highest BCUT2D eigenvalue weighted by Gasteiger charge is 2.22. The van der Waals surface area contributed by atoms with Gasteiger partial charge in [-0.2, -0.15) is 9.97 Å². The fraction of sp³-hybridized carbons (Fsp3) is 0. The first-order valence-corrected chi connectivity index (χ1v) is 19.3. The van der Waals surface area contributed by atoms with E-state index in [1.165, 1.54) is 0 Å². The standard InChI is InChI=1S/C51H28N4O3/c1-2-11-29(12-3-1)32-16-10-20-43-46(32)38-24-22-31(28-45(38)57-43)50-52-49(30-21-23-35-33-13-5-8-18-41(33)56-44(35)27-30)53-51(54-50)55-39-17-7-4-15-37(39)47-40(55)26-25-36-34-14-6-9-19-42(34)58-48(36)47/h1-28H. The van der Waals surface area contributed by atoms with Crippen LogP contribution >= 0.6 is 0 Å². The molecule has 58 heavy (non-hydrogen) atoms. The average molecular weight is 745 g/mol. The van der Waals surface area contributed by atoms with Crippen molar-refractivity contribution >= 4 is 87.6 Å². The van der Waals surface area contributed by atoms with Crippen LogP contribution in [0.15, 0.2) is 183 Å². The molecule has 7 heteroatoms. The SMILES string of the molecule is c1ccc(-c2cccc3oc4cc(-c5nc(-c6ccc7c(c6)oc6ccccc67)nc(-n6c7ccccc7c7c8oc9ccccc9c8ccc76)n5)ccc4c23)cc1. The molecule has 0 unspecified atom stereocenters. The van der Waals surface area contributed by atoms with Crippen molar-refractivity contribution in [2.24, 2.45) is 0 Å². The van der Waals surface area contributed by atoms with E-state index in [9.17, 15) is 0 Å². The molecule has 0 fully saturated rings. The minimum atomic E-state index is 0.488. The lowest BCUT2D eigenvalue weighted by atomic mass is 9.99. The van der Waals surface area contributed by atoms with Crippen LogP contribution in [0.4, 0.5) is 0 Å². The van der Waals surface area contributed by atoms with Gasteiger partial charge in [0.15, 0.2) is 11.6 Å². The van der Waals surface area contributed by atoms with Crippen molar-refractivity contribution in [2.75, 3.05) is 0 Å². The summed E-state index contributed by atoms with van der Waals surface area (Å²) in [5.41, 5.74) is 10.7. The Morgan fingerprint density at radius 1 is 0.345 bits per heavy atom. The highest BCUT2D eigenvalue weighted by molar-refractivity contribution is 6.23. The molecule has 0 aliphatic rings. The molecule has 0 saturated carbocycles. The van der Waals surface area contributed by atoms with Gasteiger partial charge in [-0.1, -0.05) is 109 Å². The average Bonchev–Trinajstić information content (AvgIpc) is 4.04. The summed E-state index contributed by atoms with van der Waals surface area (Å²) in [5.74, 6) is 1.53. The van der Waals surface area contributed by atoms with Gasteiger partial charge in [0.25, 0.3) is 0 Å². The number of hydrogen-bond acceptors (Lipinski definition) is 6. The summed E-state index contributed by atoms with van der Waals surface area (Å²) in [6.07, 6.45) is 0. The quantitative estimate of drug-likeness (QED) is 0.178. The fourth-order valence-corrected chi connectivity index (χ4v) is 8.86. The molecule has 0 N–H and O–H groups in total. The molecule has 0 atom stereocenters. The molecule has 0 aliphatic heterocycles. The van der Waals surface area contributed by atoms with Gasteiger partial charge in [0.1, 0.15) is 33.5 Å². The van der Waals surface area contributed by atoms with Crippen LogP contribution in [-0.2, 0) is 0 Å². The van der Waals surface area contributed by atoms with Crippen molar-refractivity contribution in [1.29, 1.82) is 0 Å². The zero-order chi connectivity index (χ0) is 37.9. The second kappa shape index (κ2) is 11.7. The molecule has 0 aliphatic carbocycles. The zero-order valence-electron chi connectivity index (χ0n) is 30.7. The van der Waals surface area contributed by atoms with Crippen LogP contribution in [0, 0.1) is 0 Å². The molecular weight excluding hydrogens is 717 g/mol. The predicted octanol–water partition coefficient (Wildman–Crippen LogP) is 13.7. The summed E-state index contributed by atoms with van der Waals surface area (Å²) >= 11 is 0. The van der Waals surface area contributed by atoms with Crippen LogP contribution in [0.3, 0.4) is 0 Å². The molecule has 0 spiro atoms. The minimum absolute atomic E-state index is 0.488. The van der Waals surface area contributed by atoms with Gasteiger partial charge < -0.3 is 13.3 Å². The largest absolute Gasteiger partial charge is 0.456 e. The van der Waals surface area contributed by atoms with Crippen LogP contribution < -0.4 is 0 Å². The van der Waals surface area contributed by atoms with Gasteiger partial charge in [-0.05, 0) is 71.8 Å². The Balaban J connectivity index is 1.07. The van der Waals surface area contributed by atoms with Gasteiger partial charge in [0.2, 0.25) is 5.95 Å². The zero-order valence-corrected chi connectivity index (χ0v) is 30.7. The van der Waals surface area contributed by atoms with E-state index in [1.54, 1.807) is 0 Å². The Kier molecular flexibility index (Phi) is 6.32. The Labute approximate surface area is 329 Å². The minimum Gasteiger partial charge on any atom is -0.456 e. The first-order chi connectivity index (χ1) is 28.7. The van der Waals surface area contributed by atoms with Gasteiger partial charge in [0, 0.05) is 48.8 Å².